The number of hydrogen-bond donors (Lipinski definition) is 1. The third-order valence-electron chi connectivity index (χ3n) is 5.00. The van der Waals surface area contributed by atoms with Crippen LogP contribution in [-0.2, 0) is 17.6 Å². The fourth-order valence-electron chi connectivity index (χ4n) is 3.25. The molecule has 134 valence electrons. The summed E-state index contributed by atoms with van der Waals surface area (Å²) in [5.41, 5.74) is 0. The van der Waals surface area contributed by atoms with E-state index < -0.39 is 0 Å². The summed E-state index contributed by atoms with van der Waals surface area (Å²) in [5.74, 6) is 2.63. The van der Waals surface area contributed by atoms with Gasteiger partial charge in [-0.1, -0.05) is 12.1 Å². The standard InChI is InChI=1S/C18H30N4O2/c1-2-4-16-20-17(24-21-16)5-3-6-18(23)22-11-9-15(10-12-22)19-13-14-7-8-14/h14-15,19H,2-13H2,1H3. The highest BCUT2D eigenvalue weighted by atomic mass is 16.5. The molecule has 1 aromatic rings. The van der Waals surface area contributed by atoms with Crippen molar-refractivity contribution in [3.05, 3.63) is 11.7 Å². The van der Waals surface area contributed by atoms with E-state index in [0.29, 0.717) is 24.8 Å². The van der Waals surface area contributed by atoms with E-state index >= 15 is 0 Å². The molecule has 0 bridgehead atoms. The molecule has 1 saturated carbocycles. The van der Waals surface area contributed by atoms with Gasteiger partial charge in [0.15, 0.2) is 5.82 Å². The van der Waals surface area contributed by atoms with Crippen LogP contribution in [0.2, 0.25) is 0 Å². The second kappa shape index (κ2) is 8.60. The number of aromatic nitrogens is 2. The second-order valence-electron chi connectivity index (χ2n) is 7.21. The molecular formula is C18H30N4O2. The molecule has 1 saturated heterocycles. The van der Waals surface area contributed by atoms with Crippen molar-refractivity contribution in [1.29, 1.82) is 0 Å². The molecule has 3 rings (SSSR count). The highest BCUT2D eigenvalue weighted by Crippen LogP contribution is 2.28. The SMILES string of the molecule is CCCc1noc(CCCC(=O)N2CCC(NCC3CC3)CC2)n1. The maximum Gasteiger partial charge on any atom is 0.226 e. The van der Waals surface area contributed by atoms with Gasteiger partial charge in [-0.25, -0.2) is 0 Å². The molecule has 0 spiro atoms. The Balaban J connectivity index is 1.30. The van der Waals surface area contributed by atoms with Crippen molar-refractivity contribution in [1.82, 2.24) is 20.4 Å². The molecule has 0 radical (unpaired) electrons. The highest BCUT2D eigenvalue weighted by Gasteiger charge is 2.25. The monoisotopic (exact) mass is 334 g/mol. The molecule has 2 heterocycles. The average Bonchev–Trinajstić information content (AvgIpc) is 3.33. The van der Waals surface area contributed by atoms with Crippen LogP contribution >= 0.6 is 0 Å². The quantitative estimate of drug-likeness (QED) is 0.750. The van der Waals surface area contributed by atoms with Crippen molar-refractivity contribution in [3.8, 4) is 0 Å². The van der Waals surface area contributed by atoms with Crippen molar-refractivity contribution < 1.29 is 9.32 Å². The molecule has 0 unspecified atom stereocenters. The molecule has 1 aliphatic carbocycles. The van der Waals surface area contributed by atoms with Gasteiger partial charge in [0.05, 0.1) is 0 Å². The number of carbonyl (C=O) groups excluding carboxylic acids is 1. The average molecular weight is 334 g/mol. The molecule has 1 amide bonds. The molecule has 1 N–H and O–H groups in total. The van der Waals surface area contributed by atoms with E-state index in [-0.39, 0.29) is 5.91 Å². The fourth-order valence-corrected chi connectivity index (χ4v) is 3.25. The van der Waals surface area contributed by atoms with Crippen molar-refractivity contribution in [2.24, 2.45) is 5.92 Å². The van der Waals surface area contributed by atoms with Gasteiger partial charge in [0.2, 0.25) is 11.8 Å². The summed E-state index contributed by atoms with van der Waals surface area (Å²) < 4.78 is 5.22. The molecule has 24 heavy (non-hydrogen) atoms. The van der Waals surface area contributed by atoms with E-state index in [1.165, 1.54) is 19.4 Å². The Labute approximate surface area is 144 Å². The van der Waals surface area contributed by atoms with E-state index in [1.54, 1.807) is 0 Å². The minimum absolute atomic E-state index is 0.268. The van der Waals surface area contributed by atoms with Crippen LogP contribution in [-0.4, -0.2) is 46.6 Å². The van der Waals surface area contributed by atoms with E-state index in [0.717, 1.165) is 56.9 Å². The summed E-state index contributed by atoms with van der Waals surface area (Å²) in [6.07, 6.45) is 8.88. The Morgan fingerprint density at radius 3 is 2.75 bits per heavy atom. The Hall–Kier alpha value is -1.43. The first-order valence-electron chi connectivity index (χ1n) is 9.57. The Morgan fingerprint density at radius 2 is 2.04 bits per heavy atom. The number of amides is 1. The zero-order valence-electron chi connectivity index (χ0n) is 14.8. The largest absolute Gasteiger partial charge is 0.343 e. The Kier molecular flexibility index (Phi) is 6.24. The number of piperidine rings is 1. The molecule has 2 fully saturated rings. The zero-order valence-corrected chi connectivity index (χ0v) is 14.8. The molecule has 6 nitrogen and oxygen atoms in total. The molecule has 6 heteroatoms. The van der Waals surface area contributed by atoms with Crippen LogP contribution in [0.4, 0.5) is 0 Å². The third-order valence-corrected chi connectivity index (χ3v) is 5.00. The third kappa shape index (κ3) is 5.30. The number of hydrogen-bond acceptors (Lipinski definition) is 5. The fraction of sp³-hybridized carbons (Fsp3) is 0.833. The van der Waals surface area contributed by atoms with Gasteiger partial charge in [0.25, 0.3) is 0 Å². The van der Waals surface area contributed by atoms with Crippen molar-refractivity contribution >= 4 is 5.91 Å². The maximum absolute atomic E-state index is 12.3. The summed E-state index contributed by atoms with van der Waals surface area (Å²) >= 11 is 0. The van der Waals surface area contributed by atoms with Gasteiger partial charge < -0.3 is 14.7 Å². The summed E-state index contributed by atoms with van der Waals surface area (Å²) in [6.45, 7) is 5.05. The molecule has 2 aliphatic rings. The first-order chi connectivity index (χ1) is 11.7. The minimum atomic E-state index is 0.268. The molecular weight excluding hydrogens is 304 g/mol. The van der Waals surface area contributed by atoms with Crippen LogP contribution in [0.5, 0.6) is 0 Å². The lowest BCUT2D eigenvalue weighted by Crippen LogP contribution is -2.45. The van der Waals surface area contributed by atoms with Gasteiger partial charge in [-0.2, -0.15) is 4.98 Å². The highest BCUT2D eigenvalue weighted by molar-refractivity contribution is 5.76. The van der Waals surface area contributed by atoms with Crippen LogP contribution in [0.15, 0.2) is 4.52 Å². The van der Waals surface area contributed by atoms with Gasteiger partial charge in [0, 0.05) is 38.4 Å². The van der Waals surface area contributed by atoms with Crippen molar-refractivity contribution in [2.75, 3.05) is 19.6 Å². The summed E-state index contributed by atoms with van der Waals surface area (Å²) in [6, 6.07) is 0.602. The topological polar surface area (TPSA) is 71.3 Å². The normalized spacial score (nSPS) is 19.0. The summed E-state index contributed by atoms with van der Waals surface area (Å²) in [4.78, 5) is 18.7. The lowest BCUT2D eigenvalue weighted by molar-refractivity contribution is -0.132. The minimum Gasteiger partial charge on any atom is -0.343 e. The van der Waals surface area contributed by atoms with Crippen molar-refractivity contribution in [2.45, 2.75) is 70.8 Å². The summed E-state index contributed by atoms with van der Waals surface area (Å²) in [5, 5.41) is 7.60. The predicted octanol–water partition coefficient (Wildman–Crippen LogP) is 2.34. The zero-order chi connectivity index (χ0) is 16.8. The Bertz CT molecular complexity index is 519. The smallest absolute Gasteiger partial charge is 0.226 e. The van der Waals surface area contributed by atoms with Crippen LogP contribution < -0.4 is 5.32 Å². The first-order valence-corrected chi connectivity index (χ1v) is 9.57. The van der Waals surface area contributed by atoms with Gasteiger partial charge in [-0.05, 0) is 51.0 Å². The van der Waals surface area contributed by atoms with Gasteiger partial charge in [-0.3, -0.25) is 4.79 Å². The van der Waals surface area contributed by atoms with Crippen molar-refractivity contribution in [3.63, 3.8) is 0 Å². The number of carbonyl (C=O) groups is 1. The lowest BCUT2D eigenvalue weighted by atomic mass is 10.0. The van der Waals surface area contributed by atoms with Gasteiger partial charge >= 0.3 is 0 Å². The number of aryl methyl sites for hydroxylation is 2. The molecule has 0 atom stereocenters. The number of nitrogens with zero attached hydrogens (tertiary/aromatic N) is 3. The van der Waals surface area contributed by atoms with Crippen LogP contribution in [0.1, 0.15) is 63.6 Å². The van der Waals surface area contributed by atoms with Gasteiger partial charge in [0.1, 0.15) is 0 Å². The lowest BCUT2D eigenvalue weighted by Gasteiger charge is -2.32. The second-order valence-corrected chi connectivity index (χ2v) is 7.21. The maximum atomic E-state index is 12.3. The van der Waals surface area contributed by atoms with E-state index in [9.17, 15) is 4.79 Å². The van der Waals surface area contributed by atoms with Crippen LogP contribution in [0.3, 0.4) is 0 Å². The van der Waals surface area contributed by atoms with Crippen LogP contribution in [0, 0.1) is 5.92 Å². The molecule has 1 aliphatic heterocycles. The summed E-state index contributed by atoms with van der Waals surface area (Å²) in [7, 11) is 0. The first kappa shape index (κ1) is 17.4. The molecule has 0 aromatic carbocycles. The molecule has 1 aromatic heterocycles. The van der Waals surface area contributed by atoms with Crippen LogP contribution in [0.25, 0.3) is 0 Å². The number of rotatable bonds is 9. The van der Waals surface area contributed by atoms with Gasteiger partial charge in [-0.15, -0.1) is 0 Å². The predicted molar refractivity (Wildman–Crippen MR) is 91.6 cm³/mol. The van der Waals surface area contributed by atoms with E-state index in [1.807, 2.05) is 4.90 Å². The number of nitrogens with one attached hydrogen (secondary N) is 1. The van der Waals surface area contributed by atoms with E-state index in [2.05, 4.69) is 22.4 Å². The number of likely N-dealkylation sites (tertiary alicyclic amines) is 1. The van der Waals surface area contributed by atoms with E-state index in [4.69, 9.17) is 4.52 Å². The Morgan fingerprint density at radius 1 is 1.25 bits per heavy atom.